The number of rotatable bonds is 13. The highest BCUT2D eigenvalue weighted by atomic mass is 31.2. The van der Waals surface area contributed by atoms with E-state index in [1.54, 1.807) is 6.07 Å². The van der Waals surface area contributed by atoms with Gasteiger partial charge < -0.3 is 14.4 Å². The molecule has 0 saturated heterocycles. The lowest BCUT2D eigenvalue weighted by atomic mass is 10.1. The van der Waals surface area contributed by atoms with Crippen molar-refractivity contribution < 1.29 is 28.0 Å². The monoisotopic (exact) mass is 506 g/mol. The summed E-state index contributed by atoms with van der Waals surface area (Å²) in [5.74, 6) is 0.360. The van der Waals surface area contributed by atoms with E-state index >= 15 is 0 Å². The summed E-state index contributed by atoms with van der Waals surface area (Å²) in [7, 11) is -4.15. The maximum Gasteiger partial charge on any atom is 0.530 e. The predicted octanol–water partition coefficient (Wildman–Crippen LogP) is 8.03. The van der Waals surface area contributed by atoms with Crippen LogP contribution in [-0.4, -0.2) is 11.7 Å². The van der Waals surface area contributed by atoms with Crippen LogP contribution < -0.4 is 9.26 Å². The van der Waals surface area contributed by atoms with Gasteiger partial charge in [-0.25, -0.2) is 4.57 Å². The molecule has 0 atom stereocenters. The second kappa shape index (κ2) is 12.6. The quantitative estimate of drug-likeness (QED) is 0.146. The number of hydrogen-bond donors (Lipinski definition) is 1. The molecule has 0 aliphatic heterocycles. The summed E-state index contributed by atoms with van der Waals surface area (Å²) < 4.78 is 37.2. The minimum absolute atomic E-state index is 0.0181. The third-order valence-corrected chi connectivity index (χ3v) is 6.91. The second-order valence-electron chi connectivity index (χ2n) is 8.38. The Morgan fingerprint density at radius 3 is 1.89 bits per heavy atom. The molecule has 0 aromatic heterocycles. The van der Waals surface area contributed by atoms with Gasteiger partial charge in [0.05, 0.1) is 19.8 Å². The Hall–Kier alpha value is -3.31. The number of phenols is 1. The average molecular weight is 507 g/mol. The third kappa shape index (κ3) is 6.88. The molecular weight excluding hydrogens is 475 g/mol. The molecule has 0 amide bonds. The van der Waals surface area contributed by atoms with Crippen LogP contribution in [-0.2, 0) is 26.8 Å². The molecule has 0 unspecified atom stereocenters. The third-order valence-electron chi connectivity index (χ3n) is 5.61. The zero-order chi connectivity index (χ0) is 25.2. The van der Waals surface area contributed by atoms with Crippen molar-refractivity contribution in [1.29, 1.82) is 0 Å². The van der Waals surface area contributed by atoms with Crippen molar-refractivity contribution in [2.75, 3.05) is 6.61 Å². The number of phenolic OH excluding ortho intramolecular Hbond substituents is 1. The van der Waals surface area contributed by atoms with Crippen LogP contribution in [0.5, 0.6) is 17.2 Å². The van der Waals surface area contributed by atoms with Gasteiger partial charge >= 0.3 is 7.82 Å². The standard InChI is InChI=1S/C29H31O6P/c1-2-3-12-19-32-28-20-27(30)29(26-18-11-10-17-25(26)28)35-36(31,33-21-23-13-6-4-7-14-23)34-22-24-15-8-5-9-16-24/h4-11,13-18,20,30H,2-3,12,19,21-22H2,1H3. The van der Waals surface area contributed by atoms with E-state index in [-0.39, 0.29) is 24.7 Å². The first-order valence-electron chi connectivity index (χ1n) is 12.1. The first kappa shape index (κ1) is 25.8. The van der Waals surface area contributed by atoms with Crippen LogP contribution in [0.15, 0.2) is 91.0 Å². The lowest BCUT2D eigenvalue weighted by Crippen LogP contribution is -2.05. The minimum atomic E-state index is -4.15. The van der Waals surface area contributed by atoms with Gasteiger partial charge in [0.25, 0.3) is 0 Å². The van der Waals surface area contributed by atoms with Gasteiger partial charge in [-0.05, 0) is 17.5 Å². The normalized spacial score (nSPS) is 11.5. The van der Waals surface area contributed by atoms with Gasteiger partial charge in [0.15, 0.2) is 11.5 Å². The highest BCUT2D eigenvalue weighted by Gasteiger charge is 2.32. The van der Waals surface area contributed by atoms with Crippen LogP contribution in [0.25, 0.3) is 10.8 Å². The molecule has 0 heterocycles. The fourth-order valence-electron chi connectivity index (χ4n) is 3.71. The molecule has 1 N–H and O–H groups in total. The van der Waals surface area contributed by atoms with Crippen molar-refractivity contribution in [3.05, 3.63) is 102 Å². The largest absolute Gasteiger partial charge is 0.530 e. The Morgan fingerprint density at radius 2 is 1.31 bits per heavy atom. The Labute approximate surface area is 212 Å². The maximum absolute atomic E-state index is 13.8. The molecule has 4 aromatic carbocycles. The SMILES string of the molecule is CCCCCOc1cc(O)c(OP(=O)(OCc2ccccc2)OCc2ccccc2)c2ccccc12. The van der Waals surface area contributed by atoms with Gasteiger partial charge in [-0.3, -0.25) is 9.05 Å². The van der Waals surface area contributed by atoms with E-state index in [1.807, 2.05) is 78.9 Å². The molecule has 0 aliphatic carbocycles. The fourth-order valence-corrected chi connectivity index (χ4v) is 4.92. The molecule has 0 radical (unpaired) electrons. The molecule has 0 aliphatic rings. The van der Waals surface area contributed by atoms with E-state index in [0.717, 1.165) is 35.8 Å². The highest BCUT2D eigenvalue weighted by Crippen LogP contribution is 2.55. The fraction of sp³-hybridized carbons (Fsp3) is 0.241. The van der Waals surface area contributed by atoms with Crippen LogP contribution in [0.3, 0.4) is 0 Å². The summed E-state index contributed by atoms with van der Waals surface area (Å²) in [5, 5.41) is 12.2. The lowest BCUT2D eigenvalue weighted by Gasteiger charge is -2.21. The first-order chi connectivity index (χ1) is 17.6. The Morgan fingerprint density at radius 1 is 0.750 bits per heavy atom. The molecule has 4 rings (SSSR count). The van der Waals surface area contributed by atoms with Gasteiger partial charge in [0.1, 0.15) is 5.75 Å². The average Bonchev–Trinajstić information content (AvgIpc) is 2.92. The van der Waals surface area contributed by atoms with Crippen molar-refractivity contribution in [2.45, 2.75) is 39.4 Å². The summed E-state index contributed by atoms with van der Waals surface area (Å²) in [4.78, 5) is 0. The number of benzene rings is 4. The van der Waals surface area contributed by atoms with Crippen molar-refractivity contribution in [3.8, 4) is 17.2 Å². The van der Waals surface area contributed by atoms with E-state index in [1.165, 1.54) is 6.07 Å². The van der Waals surface area contributed by atoms with Crippen LogP contribution in [0.1, 0.15) is 37.3 Å². The number of aromatic hydroxyl groups is 1. The summed E-state index contributed by atoms with van der Waals surface area (Å²) in [6.07, 6.45) is 3.06. The van der Waals surface area contributed by atoms with Crippen molar-refractivity contribution >= 4 is 18.6 Å². The Bertz CT molecular complexity index is 1250. The Balaban J connectivity index is 1.62. The van der Waals surface area contributed by atoms with Crippen LogP contribution in [0.4, 0.5) is 0 Å². The molecule has 188 valence electrons. The lowest BCUT2D eigenvalue weighted by molar-refractivity contribution is 0.142. The molecule has 6 nitrogen and oxygen atoms in total. The minimum Gasteiger partial charge on any atom is -0.504 e. The van der Waals surface area contributed by atoms with Crippen LogP contribution in [0.2, 0.25) is 0 Å². The van der Waals surface area contributed by atoms with E-state index in [4.69, 9.17) is 18.3 Å². The van der Waals surface area contributed by atoms with Gasteiger partial charge in [-0.15, -0.1) is 0 Å². The zero-order valence-corrected chi connectivity index (χ0v) is 21.2. The van der Waals surface area contributed by atoms with E-state index in [2.05, 4.69) is 6.92 Å². The molecule has 0 saturated carbocycles. The summed E-state index contributed by atoms with van der Waals surface area (Å²) >= 11 is 0. The van der Waals surface area contributed by atoms with Gasteiger partial charge in [-0.2, -0.15) is 0 Å². The summed E-state index contributed by atoms with van der Waals surface area (Å²) in [6, 6.07) is 27.5. The van der Waals surface area contributed by atoms with Gasteiger partial charge in [0.2, 0.25) is 0 Å². The molecule has 4 aromatic rings. The molecule has 7 heteroatoms. The summed E-state index contributed by atoms with van der Waals surface area (Å²) in [5.41, 5.74) is 1.63. The molecule has 0 spiro atoms. The van der Waals surface area contributed by atoms with Gasteiger partial charge in [-0.1, -0.05) is 105 Å². The van der Waals surface area contributed by atoms with E-state index in [0.29, 0.717) is 17.7 Å². The van der Waals surface area contributed by atoms with Crippen molar-refractivity contribution in [1.82, 2.24) is 0 Å². The Kier molecular flexibility index (Phi) is 9.01. The number of fused-ring (bicyclic) bond motifs is 1. The first-order valence-corrected chi connectivity index (χ1v) is 13.6. The van der Waals surface area contributed by atoms with Crippen molar-refractivity contribution in [3.63, 3.8) is 0 Å². The zero-order valence-electron chi connectivity index (χ0n) is 20.3. The molecular formula is C29H31O6P. The summed E-state index contributed by atoms with van der Waals surface area (Å²) in [6.45, 7) is 2.70. The number of ether oxygens (including phenoxy) is 1. The van der Waals surface area contributed by atoms with E-state index in [9.17, 15) is 9.67 Å². The van der Waals surface area contributed by atoms with E-state index < -0.39 is 7.82 Å². The van der Waals surface area contributed by atoms with Crippen LogP contribution in [0, 0.1) is 0 Å². The number of phosphoric ester groups is 1. The van der Waals surface area contributed by atoms with Crippen LogP contribution >= 0.6 is 7.82 Å². The van der Waals surface area contributed by atoms with Crippen molar-refractivity contribution in [2.24, 2.45) is 0 Å². The number of unbranched alkanes of at least 4 members (excludes halogenated alkanes) is 2. The maximum atomic E-state index is 13.8. The topological polar surface area (TPSA) is 74.2 Å². The smallest absolute Gasteiger partial charge is 0.504 e. The molecule has 0 bridgehead atoms. The predicted molar refractivity (Wildman–Crippen MR) is 141 cm³/mol. The number of phosphoric acid groups is 1. The molecule has 36 heavy (non-hydrogen) atoms. The van der Waals surface area contributed by atoms with Gasteiger partial charge in [0, 0.05) is 16.8 Å². The molecule has 0 fully saturated rings. The highest BCUT2D eigenvalue weighted by molar-refractivity contribution is 7.48. The second-order valence-corrected chi connectivity index (χ2v) is 9.97. The number of hydrogen-bond acceptors (Lipinski definition) is 6.